The Morgan fingerprint density at radius 1 is 1.56 bits per heavy atom. The fourth-order valence-corrected chi connectivity index (χ4v) is 2.94. The molecule has 0 saturated carbocycles. The van der Waals surface area contributed by atoms with Crippen molar-refractivity contribution in [1.29, 1.82) is 0 Å². The largest absolute Gasteiger partial charge is 0.465 e. The maximum Gasteiger partial charge on any atom is 0.316 e. The van der Waals surface area contributed by atoms with Crippen LogP contribution in [0.2, 0.25) is 0 Å². The van der Waals surface area contributed by atoms with Gasteiger partial charge in [0.2, 0.25) is 0 Å². The molecule has 0 spiro atoms. The minimum absolute atomic E-state index is 0.212. The van der Waals surface area contributed by atoms with E-state index in [0.717, 1.165) is 15.2 Å². The third-order valence-corrected chi connectivity index (χ3v) is 3.85. The quantitative estimate of drug-likeness (QED) is 0.476. The standard InChI is InChI=1S/C10H10N2O2S2/c1-2-14-8(13)5-16-10-9-7(3-4-15-9)11-6-12-10/h3-4,6H,2,5H2,1H3. The van der Waals surface area contributed by atoms with Gasteiger partial charge in [-0.1, -0.05) is 11.8 Å². The highest BCUT2D eigenvalue weighted by atomic mass is 32.2. The summed E-state index contributed by atoms with van der Waals surface area (Å²) in [5, 5.41) is 2.81. The fraction of sp³-hybridized carbons (Fsp3) is 0.300. The van der Waals surface area contributed by atoms with E-state index in [-0.39, 0.29) is 11.7 Å². The molecule has 0 aromatic carbocycles. The number of thioether (sulfide) groups is 1. The first-order valence-electron chi connectivity index (χ1n) is 4.78. The Bertz CT molecular complexity index is 498. The zero-order chi connectivity index (χ0) is 11.4. The summed E-state index contributed by atoms with van der Waals surface area (Å²) >= 11 is 2.97. The average Bonchev–Trinajstić information content (AvgIpc) is 2.75. The number of carbonyl (C=O) groups is 1. The molecule has 6 heteroatoms. The summed E-state index contributed by atoms with van der Waals surface area (Å²) in [4.78, 5) is 19.5. The zero-order valence-electron chi connectivity index (χ0n) is 8.67. The Labute approximate surface area is 101 Å². The minimum atomic E-state index is -0.212. The lowest BCUT2D eigenvalue weighted by atomic mass is 10.5. The second-order valence-electron chi connectivity index (χ2n) is 2.91. The molecule has 2 aromatic rings. The average molecular weight is 254 g/mol. The lowest BCUT2D eigenvalue weighted by molar-refractivity contribution is -0.139. The van der Waals surface area contributed by atoms with Crippen LogP contribution in [0, 0.1) is 0 Å². The highest BCUT2D eigenvalue weighted by molar-refractivity contribution is 8.00. The molecule has 0 atom stereocenters. The summed E-state index contributed by atoms with van der Waals surface area (Å²) in [7, 11) is 0. The van der Waals surface area contributed by atoms with Crippen LogP contribution < -0.4 is 0 Å². The molecule has 0 aliphatic carbocycles. The lowest BCUT2D eigenvalue weighted by Gasteiger charge is -2.01. The summed E-state index contributed by atoms with van der Waals surface area (Å²) in [5.74, 6) is 0.0773. The Morgan fingerprint density at radius 3 is 3.25 bits per heavy atom. The Balaban J connectivity index is 2.09. The SMILES string of the molecule is CCOC(=O)CSc1ncnc2ccsc12. The van der Waals surface area contributed by atoms with E-state index in [4.69, 9.17) is 4.74 Å². The van der Waals surface area contributed by atoms with Crippen LogP contribution in [0.3, 0.4) is 0 Å². The Hall–Kier alpha value is -1.14. The summed E-state index contributed by atoms with van der Waals surface area (Å²) in [6.07, 6.45) is 1.52. The van der Waals surface area contributed by atoms with E-state index in [0.29, 0.717) is 6.61 Å². The lowest BCUT2D eigenvalue weighted by Crippen LogP contribution is -2.06. The molecular weight excluding hydrogens is 244 g/mol. The molecule has 0 fully saturated rings. The smallest absolute Gasteiger partial charge is 0.316 e. The van der Waals surface area contributed by atoms with Gasteiger partial charge in [0.25, 0.3) is 0 Å². The van der Waals surface area contributed by atoms with Crippen molar-refractivity contribution in [1.82, 2.24) is 9.97 Å². The van der Waals surface area contributed by atoms with Crippen molar-refractivity contribution < 1.29 is 9.53 Å². The molecule has 2 aromatic heterocycles. The fourth-order valence-electron chi connectivity index (χ4n) is 1.20. The van der Waals surface area contributed by atoms with Crippen molar-refractivity contribution in [2.45, 2.75) is 11.9 Å². The van der Waals surface area contributed by atoms with E-state index in [1.807, 2.05) is 11.4 Å². The first-order valence-corrected chi connectivity index (χ1v) is 6.64. The molecule has 0 bridgehead atoms. The topological polar surface area (TPSA) is 52.1 Å². The van der Waals surface area contributed by atoms with Gasteiger partial charge in [-0.05, 0) is 18.4 Å². The number of aromatic nitrogens is 2. The van der Waals surface area contributed by atoms with Gasteiger partial charge in [0, 0.05) is 0 Å². The molecule has 84 valence electrons. The molecule has 2 heterocycles. The molecular formula is C10H10N2O2S2. The summed E-state index contributed by atoms with van der Waals surface area (Å²) in [6.45, 7) is 2.21. The third kappa shape index (κ3) is 2.51. The number of fused-ring (bicyclic) bond motifs is 1. The van der Waals surface area contributed by atoms with Crippen molar-refractivity contribution in [3.05, 3.63) is 17.8 Å². The molecule has 0 radical (unpaired) electrons. The molecule has 16 heavy (non-hydrogen) atoms. The maximum atomic E-state index is 11.2. The Kier molecular flexibility index (Phi) is 3.74. The van der Waals surface area contributed by atoms with Crippen LogP contribution in [0.25, 0.3) is 10.2 Å². The van der Waals surface area contributed by atoms with Crippen LogP contribution in [0.4, 0.5) is 0 Å². The second kappa shape index (κ2) is 5.27. The van der Waals surface area contributed by atoms with Gasteiger partial charge in [-0.15, -0.1) is 11.3 Å². The maximum absolute atomic E-state index is 11.2. The number of esters is 1. The van der Waals surface area contributed by atoms with Crippen molar-refractivity contribution in [2.75, 3.05) is 12.4 Å². The normalized spacial score (nSPS) is 10.6. The first kappa shape index (κ1) is 11.3. The number of thiophene rings is 1. The Morgan fingerprint density at radius 2 is 2.44 bits per heavy atom. The van der Waals surface area contributed by atoms with E-state index in [9.17, 15) is 4.79 Å². The monoisotopic (exact) mass is 254 g/mol. The highest BCUT2D eigenvalue weighted by Crippen LogP contribution is 2.28. The van der Waals surface area contributed by atoms with Gasteiger partial charge < -0.3 is 4.74 Å². The first-order chi connectivity index (χ1) is 7.81. The molecule has 0 aliphatic rings. The number of rotatable bonds is 4. The molecule has 2 rings (SSSR count). The second-order valence-corrected chi connectivity index (χ2v) is 4.79. The van der Waals surface area contributed by atoms with E-state index in [1.165, 1.54) is 18.1 Å². The van der Waals surface area contributed by atoms with E-state index < -0.39 is 0 Å². The van der Waals surface area contributed by atoms with Gasteiger partial charge in [-0.3, -0.25) is 4.79 Å². The van der Waals surface area contributed by atoms with Crippen LogP contribution >= 0.6 is 23.1 Å². The number of carbonyl (C=O) groups excluding carboxylic acids is 1. The van der Waals surface area contributed by atoms with E-state index in [2.05, 4.69) is 9.97 Å². The van der Waals surface area contributed by atoms with Crippen molar-refractivity contribution in [3.63, 3.8) is 0 Å². The van der Waals surface area contributed by atoms with Crippen molar-refractivity contribution in [2.24, 2.45) is 0 Å². The number of nitrogens with zero attached hydrogens (tertiary/aromatic N) is 2. The van der Waals surface area contributed by atoms with Crippen molar-refractivity contribution in [3.8, 4) is 0 Å². The third-order valence-electron chi connectivity index (χ3n) is 1.84. The highest BCUT2D eigenvalue weighted by Gasteiger charge is 2.08. The van der Waals surface area contributed by atoms with Gasteiger partial charge >= 0.3 is 5.97 Å². The van der Waals surface area contributed by atoms with Gasteiger partial charge in [0.15, 0.2) is 0 Å². The van der Waals surface area contributed by atoms with Gasteiger partial charge in [-0.2, -0.15) is 0 Å². The van der Waals surface area contributed by atoms with Gasteiger partial charge in [-0.25, -0.2) is 9.97 Å². The van der Waals surface area contributed by atoms with Gasteiger partial charge in [0.1, 0.15) is 11.4 Å². The number of ether oxygens (including phenoxy) is 1. The van der Waals surface area contributed by atoms with Gasteiger partial charge in [0.05, 0.1) is 22.6 Å². The van der Waals surface area contributed by atoms with Crippen molar-refractivity contribution >= 4 is 39.3 Å². The zero-order valence-corrected chi connectivity index (χ0v) is 10.3. The van der Waals surface area contributed by atoms with Crippen LogP contribution in [0.1, 0.15) is 6.92 Å². The molecule has 0 unspecified atom stereocenters. The summed E-state index contributed by atoms with van der Waals surface area (Å²) in [5.41, 5.74) is 0.923. The van der Waals surface area contributed by atoms with Crippen LogP contribution in [0.5, 0.6) is 0 Å². The van der Waals surface area contributed by atoms with Crippen LogP contribution in [0.15, 0.2) is 22.8 Å². The molecule has 0 aliphatic heterocycles. The predicted octanol–water partition coefficient (Wildman–Crippen LogP) is 2.35. The summed E-state index contributed by atoms with van der Waals surface area (Å²) < 4.78 is 5.88. The van der Waals surface area contributed by atoms with Crippen LogP contribution in [-0.4, -0.2) is 28.3 Å². The molecule has 0 amide bonds. The summed E-state index contributed by atoms with van der Waals surface area (Å²) in [6, 6.07) is 1.94. The molecule has 0 saturated heterocycles. The van der Waals surface area contributed by atoms with E-state index >= 15 is 0 Å². The molecule has 0 N–H and O–H groups in total. The van der Waals surface area contributed by atoms with Crippen LogP contribution in [-0.2, 0) is 9.53 Å². The van der Waals surface area contributed by atoms with E-state index in [1.54, 1.807) is 18.3 Å². The predicted molar refractivity (Wildman–Crippen MR) is 64.8 cm³/mol. The number of hydrogen-bond donors (Lipinski definition) is 0. The minimum Gasteiger partial charge on any atom is -0.465 e. The number of hydrogen-bond acceptors (Lipinski definition) is 6. The molecule has 4 nitrogen and oxygen atoms in total.